The number of hydrogen-bond donors (Lipinski definition) is 0. The van der Waals surface area contributed by atoms with Crippen molar-refractivity contribution < 1.29 is 0 Å². The molecule has 0 heteroatoms. The highest BCUT2D eigenvalue weighted by Gasteiger charge is 2.34. The van der Waals surface area contributed by atoms with Gasteiger partial charge < -0.3 is 0 Å². The van der Waals surface area contributed by atoms with E-state index in [0.717, 1.165) is 41.4 Å². The molecule has 2 aliphatic carbocycles. The van der Waals surface area contributed by atoms with Gasteiger partial charge in [0.05, 0.1) is 0 Å². The second-order valence-electron chi connectivity index (χ2n) is 10.7. The van der Waals surface area contributed by atoms with Crippen LogP contribution < -0.4 is 0 Å². The van der Waals surface area contributed by atoms with Crippen LogP contribution in [-0.4, -0.2) is 0 Å². The summed E-state index contributed by atoms with van der Waals surface area (Å²) in [7, 11) is 0. The Hall–Kier alpha value is -0.520. The van der Waals surface area contributed by atoms with Crippen molar-refractivity contribution in [2.24, 2.45) is 53.3 Å². The summed E-state index contributed by atoms with van der Waals surface area (Å²) in [4.78, 5) is 0. The van der Waals surface area contributed by atoms with E-state index < -0.39 is 0 Å². The zero-order chi connectivity index (χ0) is 19.4. The van der Waals surface area contributed by atoms with Gasteiger partial charge in [0.1, 0.15) is 0 Å². The van der Waals surface area contributed by atoms with Crippen LogP contribution in [0.1, 0.15) is 87.0 Å². The van der Waals surface area contributed by atoms with Gasteiger partial charge in [-0.05, 0) is 78.9 Å². The largest absolute Gasteiger partial charge is 0.0955 e. The average molecular weight is 359 g/mol. The number of allylic oxidation sites excluding steroid dienone is 3. The molecule has 0 nitrogen and oxygen atoms in total. The van der Waals surface area contributed by atoms with E-state index in [1.165, 1.54) is 44.1 Å². The molecule has 0 bridgehead atoms. The molecule has 0 amide bonds. The van der Waals surface area contributed by atoms with E-state index in [2.05, 4.69) is 67.2 Å². The molecule has 0 saturated heterocycles. The lowest BCUT2D eigenvalue weighted by Crippen LogP contribution is -2.31. The van der Waals surface area contributed by atoms with Crippen molar-refractivity contribution in [1.29, 1.82) is 0 Å². The van der Waals surface area contributed by atoms with Gasteiger partial charge >= 0.3 is 0 Å². The molecule has 7 atom stereocenters. The first-order valence-corrected chi connectivity index (χ1v) is 11.6. The Morgan fingerprint density at radius 3 is 1.88 bits per heavy atom. The monoisotopic (exact) mass is 358 g/mol. The Morgan fingerprint density at radius 1 is 0.769 bits per heavy atom. The van der Waals surface area contributed by atoms with Crippen molar-refractivity contribution in [1.82, 2.24) is 0 Å². The fraction of sp³-hybridized carbons (Fsp3) is 0.846. The molecule has 0 aliphatic heterocycles. The van der Waals surface area contributed by atoms with Crippen molar-refractivity contribution in [3.63, 3.8) is 0 Å². The van der Waals surface area contributed by atoms with Crippen LogP contribution in [0.3, 0.4) is 0 Å². The number of rotatable bonds is 6. The van der Waals surface area contributed by atoms with Gasteiger partial charge in [-0.15, -0.1) is 0 Å². The zero-order valence-electron chi connectivity index (χ0n) is 18.8. The fourth-order valence-electron chi connectivity index (χ4n) is 6.05. The van der Waals surface area contributed by atoms with Gasteiger partial charge in [-0.3, -0.25) is 0 Å². The molecule has 0 aromatic rings. The molecule has 7 unspecified atom stereocenters. The third-order valence-corrected chi connectivity index (χ3v) is 7.86. The Kier molecular flexibility index (Phi) is 8.05. The second kappa shape index (κ2) is 9.61. The zero-order valence-corrected chi connectivity index (χ0v) is 18.8. The Bertz CT molecular complexity index is 468. The van der Waals surface area contributed by atoms with E-state index in [1.807, 2.05) is 0 Å². The van der Waals surface area contributed by atoms with Crippen molar-refractivity contribution in [3.05, 3.63) is 24.3 Å². The molecule has 0 radical (unpaired) electrons. The molecule has 2 saturated carbocycles. The predicted octanol–water partition coefficient (Wildman–Crippen LogP) is 8.15. The SMILES string of the molecule is C=C(C=CC(C)C1CC(C)CCC1C(C)C)C1CC(C)CCC1C(C)C. The average Bonchev–Trinajstić information content (AvgIpc) is 2.58. The summed E-state index contributed by atoms with van der Waals surface area (Å²) in [5.41, 5.74) is 1.41. The van der Waals surface area contributed by atoms with Crippen LogP contribution in [0.25, 0.3) is 0 Å². The maximum atomic E-state index is 4.54. The van der Waals surface area contributed by atoms with Gasteiger partial charge in [-0.1, -0.05) is 85.6 Å². The standard InChI is InChI=1S/C26H46/c1-17(2)23-13-9-19(5)15-25(23)21(7)11-12-22(8)26-16-20(6)10-14-24(26)18(3)4/h11-12,17-20,22-26H,7,9-10,13-16H2,1-6,8H3. The Balaban J connectivity index is 2.04. The summed E-state index contributed by atoms with van der Waals surface area (Å²) >= 11 is 0. The minimum absolute atomic E-state index is 0.681. The molecule has 150 valence electrons. The van der Waals surface area contributed by atoms with Crippen molar-refractivity contribution in [2.75, 3.05) is 0 Å². The third-order valence-electron chi connectivity index (χ3n) is 7.86. The number of hydrogen-bond acceptors (Lipinski definition) is 0. The van der Waals surface area contributed by atoms with Gasteiger partial charge in [-0.2, -0.15) is 0 Å². The minimum Gasteiger partial charge on any atom is -0.0955 e. The summed E-state index contributed by atoms with van der Waals surface area (Å²) < 4.78 is 0. The highest BCUT2D eigenvalue weighted by molar-refractivity contribution is 5.21. The molecule has 2 aliphatic rings. The molecule has 2 rings (SSSR count). The molecule has 0 spiro atoms. The fourth-order valence-corrected chi connectivity index (χ4v) is 6.05. The van der Waals surface area contributed by atoms with Gasteiger partial charge in [0.15, 0.2) is 0 Å². The molecule has 0 heterocycles. The van der Waals surface area contributed by atoms with Crippen LogP contribution in [0.5, 0.6) is 0 Å². The quantitative estimate of drug-likeness (QED) is 0.420. The van der Waals surface area contributed by atoms with Crippen molar-refractivity contribution in [3.8, 4) is 0 Å². The summed E-state index contributed by atoms with van der Waals surface area (Å²) in [5, 5.41) is 0. The third kappa shape index (κ3) is 5.49. The first-order valence-electron chi connectivity index (χ1n) is 11.6. The van der Waals surface area contributed by atoms with Gasteiger partial charge in [0.25, 0.3) is 0 Å². The van der Waals surface area contributed by atoms with Gasteiger partial charge in [0, 0.05) is 0 Å². The minimum atomic E-state index is 0.681. The molecular formula is C26H46. The van der Waals surface area contributed by atoms with E-state index in [1.54, 1.807) is 0 Å². The van der Waals surface area contributed by atoms with Crippen molar-refractivity contribution >= 4 is 0 Å². The van der Waals surface area contributed by atoms with Crippen LogP contribution in [0.15, 0.2) is 24.3 Å². The molecule has 2 fully saturated rings. The molecule has 0 aromatic carbocycles. The summed E-state index contributed by atoms with van der Waals surface area (Å²) in [5.74, 6) is 7.33. The van der Waals surface area contributed by atoms with E-state index in [9.17, 15) is 0 Å². The molecule has 26 heavy (non-hydrogen) atoms. The lowest BCUT2D eigenvalue weighted by atomic mass is 9.65. The Labute approximate surface area is 164 Å². The van der Waals surface area contributed by atoms with E-state index in [4.69, 9.17) is 0 Å². The summed E-state index contributed by atoms with van der Waals surface area (Å²) in [6, 6.07) is 0. The summed E-state index contributed by atoms with van der Waals surface area (Å²) in [6.07, 6.45) is 13.4. The van der Waals surface area contributed by atoms with Crippen LogP contribution in [0.2, 0.25) is 0 Å². The van der Waals surface area contributed by atoms with Crippen LogP contribution in [0, 0.1) is 53.3 Å². The van der Waals surface area contributed by atoms with Crippen LogP contribution in [0.4, 0.5) is 0 Å². The summed E-state index contributed by atoms with van der Waals surface area (Å²) in [6.45, 7) is 21.6. The Morgan fingerprint density at radius 2 is 1.31 bits per heavy atom. The maximum Gasteiger partial charge on any atom is -0.0135 e. The van der Waals surface area contributed by atoms with E-state index in [0.29, 0.717) is 11.8 Å². The molecule has 0 N–H and O–H groups in total. The van der Waals surface area contributed by atoms with Crippen LogP contribution in [-0.2, 0) is 0 Å². The smallest absolute Gasteiger partial charge is 0.0135 e. The predicted molar refractivity (Wildman–Crippen MR) is 117 cm³/mol. The highest BCUT2D eigenvalue weighted by atomic mass is 14.4. The van der Waals surface area contributed by atoms with Gasteiger partial charge in [-0.25, -0.2) is 0 Å². The van der Waals surface area contributed by atoms with Crippen molar-refractivity contribution in [2.45, 2.75) is 87.0 Å². The van der Waals surface area contributed by atoms with Crippen LogP contribution >= 0.6 is 0 Å². The lowest BCUT2D eigenvalue weighted by Gasteiger charge is -2.40. The second-order valence-corrected chi connectivity index (χ2v) is 10.7. The molecular weight excluding hydrogens is 312 g/mol. The van der Waals surface area contributed by atoms with E-state index in [-0.39, 0.29) is 0 Å². The first kappa shape index (κ1) is 21.8. The molecule has 0 aromatic heterocycles. The lowest BCUT2D eigenvalue weighted by molar-refractivity contribution is 0.115. The maximum absolute atomic E-state index is 4.54. The van der Waals surface area contributed by atoms with Gasteiger partial charge in [0.2, 0.25) is 0 Å². The van der Waals surface area contributed by atoms with E-state index >= 15 is 0 Å². The topological polar surface area (TPSA) is 0 Å². The highest BCUT2D eigenvalue weighted by Crippen LogP contribution is 2.44. The normalized spacial score (nSPS) is 37.4. The first-order chi connectivity index (χ1) is 12.2.